The van der Waals surface area contributed by atoms with Gasteiger partial charge in [-0.25, -0.2) is 15.0 Å². The molecule has 0 radical (unpaired) electrons. The number of anilines is 1. The van der Waals surface area contributed by atoms with Crippen molar-refractivity contribution >= 4 is 39.8 Å². The van der Waals surface area contributed by atoms with E-state index in [1.165, 1.54) is 0 Å². The molecule has 9 heteroatoms. The van der Waals surface area contributed by atoms with Crippen molar-refractivity contribution in [2.75, 3.05) is 23.7 Å². The zero-order valence-corrected chi connectivity index (χ0v) is 15.1. The summed E-state index contributed by atoms with van der Waals surface area (Å²) in [4.78, 5) is 20.2. The van der Waals surface area contributed by atoms with E-state index >= 15 is 0 Å². The van der Waals surface area contributed by atoms with Crippen LogP contribution in [0.5, 0.6) is 0 Å². The van der Waals surface area contributed by atoms with Crippen LogP contribution in [0.3, 0.4) is 0 Å². The third kappa shape index (κ3) is 3.00. The Morgan fingerprint density at radius 1 is 1.12 bits per heavy atom. The van der Waals surface area contributed by atoms with E-state index in [9.17, 15) is 4.21 Å². The number of halogens is 2. The third-order valence-electron chi connectivity index (χ3n) is 4.44. The topological polar surface area (TPSA) is 71.9 Å². The number of rotatable bonds is 2. The van der Waals surface area contributed by atoms with Crippen LogP contribution in [0, 0.1) is 0 Å². The number of piperidine rings is 1. The summed E-state index contributed by atoms with van der Waals surface area (Å²) in [6.07, 6.45) is 5.79. The van der Waals surface area contributed by atoms with Gasteiger partial charge in [0.05, 0.1) is 21.5 Å². The summed E-state index contributed by atoms with van der Waals surface area (Å²) in [6, 6.07) is 0. The minimum atomic E-state index is -1.03. The Bertz CT molecular complexity index is 793. The van der Waals surface area contributed by atoms with Gasteiger partial charge in [-0.2, -0.15) is 4.98 Å². The summed E-state index contributed by atoms with van der Waals surface area (Å²) in [5, 5.41) is 0.774. The molecule has 24 heavy (non-hydrogen) atoms. The molecule has 126 valence electrons. The van der Waals surface area contributed by atoms with E-state index in [0.717, 1.165) is 48.2 Å². The fraction of sp³-hybridized carbons (Fsp3) is 0.467. The highest BCUT2D eigenvalue weighted by Crippen LogP contribution is 2.34. The Morgan fingerprint density at radius 2 is 1.83 bits per heavy atom. The normalized spacial score (nSPS) is 21.1. The molecule has 0 bridgehead atoms. The number of aryl methyl sites for hydroxylation is 1. The summed E-state index contributed by atoms with van der Waals surface area (Å²) in [6.45, 7) is 1.60. The molecule has 4 heterocycles. The van der Waals surface area contributed by atoms with Crippen LogP contribution in [0.2, 0.25) is 10.3 Å². The highest BCUT2D eigenvalue weighted by atomic mass is 35.5. The molecule has 1 saturated heterocycles. The van der Waals surface area contributed by atoms with Crippen molar-refractivity contribution in [3.05, 3.63) is 34.2 Å². The number of aromatic nitrogens is 4. The van der Waals surface area contributed by atoms with Crippen molar-refractivity contribution in [1.82, 2.24) is 19.9 Å². The predicted octanol–water partition coefficient (Wildman–Crippen LogP) is 2.62. The van der Waals surface area contributed by atoms with Crippen LogP contribution in [-0.2, 0) is 17.2 Å². The fourth-order valence-electron chi connectivity index (χ4n) is 3.25. The summed E-state index contributed by atoms with van der Waals surface area (Å²) in [5.74, 6) is 2.46. The lowest BCUT2D eigenvalue weighted by molar-refractivity contribution is 0.481. The SMILES string of the molecule is O=[S@@]1CCc2nc(Cl)nc(N3CCC(c4ncc(Cl)cn4)CC3)c21. The van der Waals surface area contributed by atoms with Crippen molar-refractivity contribution in [2.24, 2.45) is 0 Å². The van der Waals surface area contributed by atoms with E-state index in [1.807, 2.05) is 0 Å². The van der Waals surface area contributed by atoms with E-state index in [4.69, 9.17) is 23.2 Å². The molecule has 2 aliphatic rings. The van der Waals surface area contributed by atoms with Gasteiger partial charge in [-0.05, 0) is 24.4 Å². The maximum Gasteiger partial charge on any atom is 0.224 e. The van der Waals surface area contributed by atoms with Crippen LogP contribution < -0.4 is 4.90 Å². The molecule has 2 aromatic heterocycles. The lowest BCUT2D eigenvalue weighted by atomic mass is 9.96. The lowest BCUT2D eigenvalue weighted by Crippen LogP contribution is -2.34. The van der Waals surface area contributed by atoms with Crippen LogP contribution in [0.15, 0.2) is 17.3 Å². The van der Waals surface area contributed by atoms with Gasteiger partial charge in [0.2, 0.25) is 5.28 Å². The van der Waals surface area contributed by atoms with E-state index in [-0.39, 0.29) is 5.28 Å². The second-order valence-electron chi connectivity index (χ2n) is 5.91. The van der Waals surface area contributed by atoms with E-state index in [0.29, 0.717) is 23.1 Å². The highest BCUT2D eigenvalue weighted by molar-refractivity contribution is 7.85. The number of nitrogens with zero attached hydrogens (tertiary/aromatic N) is 5. The molecule has 0 N–H and O–H groups in total. The van der Waals surface area contributed by atoms with Crippen molar-refractivity contribution in [3.63, 3.8) is 0 Å². The standard InChI is InChI=1S/C15H15Cl2N5OS/c16-10-7-18-13(19-8-10)9-1-4-22(5-2-9)14-12-11(3-6-24(12)23)20-15(17)21-14/h7-9H,1-6H2/t24-/m1/s1. The fourth-order valence-corrected chi connectivity index (χ4v) is 4.90. The van der Waals surface area contributed by atoms with E-state index < -0.39 is 10.8 Å². The lowest BCUT2D eigenvalue weighted by Gasteiger charge is -2.32. The van der Waals surface area contributed by atoms with Gasteiger partial charge in [0, 0.05) is 43.6 Å². The second-order valence-corrected chi connectivity index (χ2v) is 8.19. The van der Waals surface area contributed by atoms with Crippen molar-refractivity contribution < 1.29 is 4.21 Å². The monoisotopic (exact) mass is 383 g/mol. The number of fused-ring (bicyclic) bond motifs is 1. The van der Waals surface area contributed by atoms with Gasteiger partial charge >= 0.3 is 0 Å². The molecule has 2 aromatic rings. The number of hydrogen-bond donors (Lipinski definition) is 0. The van der Waals surface area contributed by atoms with Gasteiger partial charge in [0.15, 0.2) is 0 Å². The van der Waals surface area contributed by atoms with Gasteiger partial charge < -0.3 is 4.90 Å². The molecule has 6 nitrogen and oxygen atoms in total. The van der Waals surface area contributed by atoms with Crippen LogP contribution in [-0.4, -0.2) is 43.0 Å². The molecule has 0 saturated carbocycles. The minimum Gasteiger partial charge on any atom is -0.355 e. The molecule has 2 aliphatic heterocycles. The average molecular weight is 384 g/mol. The summed E-state index contributed by atoms with van der Waals surface area (Å²) in [7, 11) is -1.03. The van der Waals surface area contributed by atoms with Gasteiger partial charge in [-0.1, -0.05) is 11.6 Å². The predicted molar refractivity (Wildman–Crippen MR) is 93.3 cm³/mol. The van der Waals surface area contributed by atoms with Crippen LogP contribution >= 0.6 is 23.2 Å². The Morgan fingerprint density at radius 3 is 2.54 bits per heavy atom. The molecule has 0 unspecified atom stereocenters. The third-order valence-corrected chi connectivity index (χ3v) is 6.26. The van der Waals surface area contributed by atoms with E-state index in [2.05, 4.69) is 24.8 Å². The van der Waals surface area contributed by atoms with Crippen LogP contribution in [0.25, 0.3) is 0 Å². The summed E-state index contributed by atoms with van der Waals surface area (Å²) in [5.41, 5.74) is 0.825. The maximum atomic E-state index is 12.3. The van der Waals surface area contributed by atoms with Crippen molar-refractivity contribution in [1.29, 1.82) is 0 Å². The molecule has 0 aromatic carbocycles. The Hall–Kier alpha value is -1.31. The first-order valence-corrected chi connectivity index (χ1v) is 9.86. The number of hydrogen-bond acceptors (Lipinski definition) is 6. The largest absolute Gasteiger partial charge is 0.355 e. The minimum absolute atomic E-state index is 0.228. The average Bonchev–Trinajstić information content (AvgIpc) is 2.96. The first kappa shape index (κ1) is 16.2. The molecule has 1 fully saturated rings. The molecule has 1 atom stereocenters. The van der Waals surface area contributed by atoms with Crippen LogP contribution in [0.4, 0.5) is 5.82 Å². The summed E-state index contributed by atoms with van der Waals surface area (Å²) >= 11 is 11.9. The summed E-state index contributed by atoms with van der Waals surface area (Å²) < 4.78 is 12.3. The van der Waals surface area contributed by atoms with Gasteiger partial charge in [-0.15, -0.1) is 0 Å². The first-order valence-electron chi connectivity index (χ1n) is 7.79. The van der Waals surface area contributed by atoms with Crippen molar-refractivity contribution in [2.45, 2.75) is 30.1 Å². The van der Waals surface area contributed by atoms with Gasteiger partial charge in [-0.3, -0.25) is 4.21 Å². The maximum absolute atomic E-state index is 12.3. The molecule has 0 spiro atoms. The van der Waals surface area contributed by atoms with Crippen molar-refractivity contribution in [3.8, 4) is 0 Å². The molecule has 4 rings (SSSR count). The molecule has 0 aliphatic carbocycles. The molecule has 0 amide bonds. The van der Waals surface area contributed by atoms with Gasteiger partial charge in [0.25, 0.3) is 0 Å². The highest BCUT2D eigenvalue weighted by Gasteiger charge is 2.31. The smallest absolute Gasteiger partial charge is 0.224 e. The Balaban J connectivity index is 1.54. The quantitative estimate of drug-likeness (QED) is 0.742. The Labute approximate surface area is 152 Å². The molecular formula is C15H15Cl2N5OS. The van der Waals surface area contributed by atoms with Gasteiger partial charge in [0.1, 0.15) is 16.5 Å². The first-order chi connectivity index (χ1) is 11.6. The molecular weight excluding hydrogens is 369 g/mol. The zero-order chi connectivity index (χ0) is 16.7. The van der Waals surface area contributed by atoms with Crippen LogP contribution in [0.1, 0.15) is 30.3 Å². The zero-order valence-electron chi connectivity index (χ0n) is 12.8. The second kappa shape index (κ2) is 6.54. The Kier molecular flexibility index (Phi) is 4.40. The van der Waals surface area contributed by atoms with E-state index in [1.54, 1.807) is 12.4 Å².